The molecule has 1 heterocycles. The second-order valence-corrected chi connectivity index (χ2v) is 3.72. The summed E-state index contributed by atoms with van der Waals surface area (Å²) in [5.74, 6) is -0.789. The van der Waals surface area contributed by atoms with Crippen LogP contribution in [0.3, 0.4) is 0 Å². The molecule has 0 aliphatic carbocycles. The van der Waals surface area contributed by atoms with Crippen molar-refractivity contribution in [2.75, 3.05) is 18.4 Å². The van der Waals surface area contributed by atoms with Gasteiger partial charge >= 0.3 is 0 Å². The molecule has 0 saturated heterocycles. The van der Waals surface area contributed by atoms with Gasteiger partial charge in [0.05, 0.1) is 18.7 Å². The van der Waals surface area contributed by atoms with Crippen molar-refractivity contribution in [3.05, 3.63) is 17.0 Å². The van der Waals surface area contributed by atoms with Crippen LogP contribution in [0.5, 0.6) is 0 Å². The van der Waals surface area contributed by atoms with Gasteiger partial charge < -0.3 is 16.4 Å². The van der Waals surface area contributed by atoms with E-state index >= 15 is 0 Å². The second kappa shape index (κ2) is 5.85. The smallest absolute Gasteiger partial charge is 0.244 e. The summed E-state index contributed by atoms with van der Waals surface area (Å²) in [6.07, 6.45) is 0. The van der Waals surface area contributed by atoms with Crippen molar-refractivity contribution >= 4 is 28.2 Å². The van der Waals surface area contributed by atoms with Gasteiger partial charge in [-0.15, -0.1) is 11.3 Å². The SMILES string of the molecule is N#Cc1ccsc1NC(=O)CNC(=O)CN. The van der Waals surface area contributed by atoms with E-state index in [1.165, 1.54) is 11.3 Å². The number of nitrogens with zero attached hydrogens (tertiary/aromatic N) is 1. The number of rotatable bonds is 4. The Morgan fingerprint density at radius 2 is 2.25 bits per heavy atom. The number of carbonyl (C=O) groups excluding carboxylic acids is 2. The minimum atomic E-state index is -0.401. The summed E-state index contributed by atoms with van der Waals surface area (Å²) >= 11 is 1.25. The molecule has 0 unspecified atom stereocenters. The van der Waals surface area contributed by atoms with Crippen molar-refractivity contribution in [2.45, 2.75) is 0 Å². The second-order valence-electron chi connectivity index (χ2n) is 2.80. The van der Waals surface area contributed by atoms with E-state index in [0.29, 0.717) is 10.6 Å². The Hall–Kier alpha value is -1.91. The number of anilines is 1. The molecule has 1 rings (SSSR count). The van der Waals surface area contributed by atoms with Crippen molar-refractivity contribution in [3.8, 4) is 6.07 Å². The number of nitriles is 1. The highest BCUT2D eigenvalue weighted by atomic mass is 32.1. The number of nitrogens with one attached hydrogen (secondary N) is 2. The molecule has 1 aromatic rings. The Labute approximate surface area is 96.1 Å². The molecule has 84 valence electrons. The molecular formula is C9H10N4O2S. The summed E-state index contributed by atoms with van der Waals surface area (Å²) in [5.41, 5.74) is 5.46. The van der Waals surface area contributed by atoms with Crippen molar-refractivity contribution in [1.29, 1.82) is 5.26 Å². The monoisotopic (exact) mass is 238 g/mol. The average Bonchev–Trinajstić information content (AvgIpc) is 2.73. The van der Waals surface area contributed by atoms with Gasteiger partial charge in [0, 0.05) is 0 Å². The third kappa shape index (κ3) is 3.34. The summed E-state index contributed by atoms with van der Waals surface area (Å²) in [7, 11) is 0. The topological polar surface area (TPSA) is 108 Å². The minimum absolute atomic E-state index is 0.154. The minimum Gasteiger partial charge on any atom is -0.346 e. The van der Waals surface area contributed by atoms with Gasteiger partial charge in [-0.25, -0.2) is 0 Å². The van der Waals surface area contributed by atoms with Gasteiger partial charge in [-0.05, 0) is 11.4 Å². The summed E-state index contributed by atoms with van der Waals surface area (Å²) < 4.78 is 0. The zero-order valence-corrected chi connectivity index (χ0v) is 9.13. The molecule has 0 aromatic carbocycles. The quantitative estimate of drug-likeness (QED) is 0.665. The lowest BCUT2D eigenvalue weighted by atomic mass is 10.3. The summed E-state index contributed by atoms with van der Waals surface area (Å²) in [4.78, 5) is 22.1. The molecule has 0 bridgehead atoms. The van der Waals surface area contributed by atoms with Gasteiger partial charge in [-0.3, -0.25) is 9.59 Å². The van der Waals surface area contributed by atoms with Crippen LogP contribution in [-0.2, 0) is 9.59 Å². The van der Waals surface area contributed by atoms with E-state index in [1.54, 1.807) is 11.4 Å². The maximum Gasteiger partial charge on any atom is 0.244 e. The first-order chi connectivity index (χ1) is 7.67. The molecule has 0 atom stereocenters. The molecule has 2 amide bonds. The first-order valence-electron chi connectivity index (χ1n) is 4.41. The van der Waals surface area contributed by atoms with Gasteiger partial charge in [0.2, 0.25) is 11.8 Å². The van der Waals surface area contributed by atoms with Crippen LogP contribution in [0.15, 0.2) is 11.4 Å². The molecule has 0 saturated carbocycles. The third-order valence-electron chi connectivity index (χ3n) is 1.67. The lowest BCUT2D eigenvalue weighted by Gasteiger charge is -2.04. The van der Waals surface area contributed by atoms with Crippen LogP contribution in [0, 0.1) is 11.3 Å². The first-order valence-corrected chi connectivity index (χ1v) is 5.29. The van der Waals surface area contributed by atoms with Gasteiger partial charge in [-0.2, -0.15) is 5.26 Å². The fourth-order valence-corrected chi connectivity index (χ4v) is 1.67. The molecule has 16 heavy (non-hydrogen) atoms. The summed E-state index contributed by atoms with van der Waals surface area (Å²) in [6.45, 7) is -0.311. The van der Waals surface area contributed by atoms with Gasteiger partial charge in [-0.1, -0.05) is 0 Å². The predicted molar refractivity (Wildman–Crippen MR) is 59.7 cm³/mol. The van der Waals surface area contributed by atoms with E-state index in [9.17, 15) is 9.59 Å². The fourth-order valence-electron chi connectivity index (χ4n) is 0.916. The van der Waals surface area contributed by atoms with Crippen LogP contribution in [0.1, 0.15) is 5.56 Å². The molecule has 0 aliphatic rings. The molecule has 0 radical (unpaired) electrons. The van der Waals surface area contributed by atoms with Crippen molar-refractivity contribution in [3.63, 3.8) is 0 Å². The number of amides is 2. The number of hydrogen-bond donors (Lipinski definition) is 3. The van der Waals surface area contributed by atoms with Gasteiger partial charge in [0.1, 0.15) is 11.1 Å². The van der Waals surface area contributed by atoms with Gasteiger partial charge in [0.25, 0.3) is 0 Å². The van der Waals surface area contributed by atoms with Crippen LogP contribution in [0.2, 0.25) is 0 Å². The largest absolute Gasteiger partial charge is 0.346 e. The molecule has 6 nitrogen and oxygen atoms in total. The van der Waals surface area contributed by atoms with E-state index in [0.717, 1.165) is 0 Å². The van der Waals surface area contributed by atoms with Crippen LogP contribution in [0.4, 0.5) is 5.00 Å². The van der Waals surface area contributed by atoms with E-state index in [4.69, 9.17) is 11.0 Å². The van der Waals surface area contributed by atoms with Gasteiger partial charge in [0.15, 0.2) is 0 Å². The molecule has 4 N–H and O–H groups in total. The standard InChI is InChI=1S/C9H10N4O2S/c10-3-6-1-2-16-9(6)13-8(15)5-12-7(14)4-11/h1-2H,4-5,11H2,(H,12,14)(H,13,15). The normalized spacial score (nSPS) is 9.25. The average molecular weight is 238 g/mol. The molecule has 0 fully saturated rings. The molecule has 0 aliphatic heterocycles. The number of thiophene rings is 1. The van der Waals surface area contributed by atoms with Crippen LogP contribution in [0.25, 0.3) is 0 Å². The summed E-state index contributed by atoms with van der Waals surface area (Å²) in [5, 5.41) is 15.7. The van der Waals surface area contributed by atoms with Crippen molar-refractivity contribution in [2.24, 2.45) is 5.73 Å². The lowest BCUT2D eigenvalue weighted by molar-refractivity contribution is -0.123. The maximum atomic E-state index is 11.3. The zero-order chi connectivity index (χ0) is 12.0. The van der Waals surface area contributed by atoms with Crippen LogP contribution >= 0.6 is 11.3 Å². The van der Waals surface area contributed by atoms with E-state index < -0.39 is 5.91 Å². The Kier molecular flexibility index (Phi) is 4.44. The highest BCUT2D eigenvalue weighted by Crippen LogP contribution is 2.21. The Morgan fingerprint density at radius 1 is 1.50 bits per heavy atom. The van der Waals surface area contributed by atoms with E-state index in [2.05, 4.69) is 10.6 Å². The third-order valence-corrected chi connectivity index (χ3v) is 2.50. The summed E-state index contributed by atoms with van der Waals surface area (Å²) in [6, 6.07) is 3.56. The van der Waals surface area contributed by atoms with Crippen molar-refractivity contribution < 1.29 is 9.59 Å². The predicted octanol–water partition coefficient (Wildman–Crippen LogP) is -0.367. The van der Waals surface area contributed by atoms with Crippen LogP contribution in [-0.4, -0.2) is 24.9 Å². The molecule has 0 spiro atoms. The molecule has 1 aromatic heterocycles. The molecule has 7 heteroatoms. The molecular weight excluding hydrogens is 228 g/mol. The van der Waals surface area contributed by atoms with Crippen molar-refractivity contribution in [1.82, 2.24) is 5.32 Å². The van der Waals surface area contributed by atoms with E-state index in [-0.39, 0.29) is 19.0 Å². The number of hydrogen-bond acceptors (Lipinski definition) is 5. The number of carbonyl (C=O) groups is 2. The Bertz CT molecular complexity index is 435. The first kappa shape index (κ1) is 12.2. The van der Waals surface area contributed by atoms with Crippen LogP contribution < -0.4 is 16.4 Å². The van der Waals surface area contributed by atoms with E-state index in [1.807, 2.05) is 6.07 Å². The fraction of sp³-hybridized carbons (Fsp3) is 0.222. The maximum absolute atomic E-state index is 11.3. The highest BCUT2D eigenvalue weighted by molar-refractivity contribution is 7.14. The number of nitrogens with two attached hydrogens (primary N) is 1. The lowest BCUT2D eigenvalue weighted by Crippen LogP contribution is -2.36. The Morgan fingerprint density at radius 3 is 2.88 bits per heavy atom. The Balaban J connectivity index is 2.46. The highest BCUT2D eigenvalue weighted by Gasteiger charge is 2.08. The zero-order valence-electron chi connectivity index (χ0n) is 8.32.